The Labute approximate surface area is 203 Å². The molecular weight excluding hydrogens is 442 g/mol. The smallest absolute Gasteiger partial charge is 0.193 e. The Kier molecular flexibility index (Phi) is 6.01. The molecule has 178 valence electrons. The van der Waals surface area contributed by atoms with Crippen molar-refractivity contribution >= 4 is 33.8 Å². The van der Waals surface area contributed by atoms with E-state index in [1.54, 1.807) is 20.3 Å². The van der Waals surface area contributed by atoms with Crippen molar-refractivity contribution in [2.75, 3.05) is 31.0 Å². The van der Waals surface area contributed by atoms with E-state index in [1.807, 2.05) is 71.6 Å². The van der Waals surface area contributed by atoms with Crippen molar-refractivity contribution in [1.82, 2.24) is 9.97 Å². The molecule has 0 radical (unpaired) electrons. The van der Waals surface area contributed by atoms with E-state index in [-0.39, 0.29) is 5.78 Å². The molecule has 0 aliphatic carbocycles. The number of aromatic nitrogens is 2. The Morgan fingerprint density at radius 2 is 1.69 bits per heavy atom. The van der Waals surface area contributed by atoms with Crippen LogP contribution in [0.2, 0.25) is 0 Å². The third kappa shape index (κ3) is 4.26. The number of para-hydroxylation sites is 3. The Hall–Kier alpha value is -4.46. The van der Waals surface area contributed by atoms with Gasteiger partial charge in [0.15, 0.2) is 5.78 Å². The van der Waals surface area contributed by atoms with E-state index in [0.29, 0.717) is 47.4 Å². The number of methoxy groups -OCH3 is 2. The third-order valence-electron chi connectivity index (χ3n) is 6.14. The van der Waals surface area contributed by atoms with Crippen LogP contribution in [0.1, 0.15) is 12.2 Å². The van der Waals surface area contributed by atoms with E-state index in [1.165, 1.54) is 0 Å². The van der Waals surface area contributed by atoms with Crippen molar-refractivity contribution in [3.8, 4) is 11.5 Å². The monoisotopic (exact) mass is 469 g/mol. The number of nitrogens with zero attached hydrogens (tertiary/aromatic N) is 2. The van der Waals surface area contributed by atoms with Crippen molar-refractivity contribution in [3.05, 3.63) is 84.4 Å². The summed E-state index contributed by atoms with van der Waals surface area (Å²) in [6.07, 6.45) is 0.525. The highest BCUT2D eigenvalue weighted by atomic mass is 16.5. The van der Waals surface area contributed by atoms with Crippen molar-refractivity contribution in [2.24, 2.45) is 5.73 Å². The van der Waals surface area contributed by atoms with Crippen molar-refractivity contribution < 1.29 is 14.3 Å². The topological polar surface area (TPSA) is 106 Å². The number of imidazole rings is 1. The number of hydrogen-bond donors (Lipinski definition) is 3. The molecule has 4 N–H and O–H groups in total. The average molecular weight is 470 g/mol. The largest absolute Gasteiger partial charge is 0.497 e. The summed E-state index contributed by atoms with van der Waals surface area (Å²) in [7, 11) is 3.18. The zero-order chi connectivity index (χ0) is 24.4. The zero-order valence-corrected chi connectivity index (χ0v) is 19.6. The van der Waals surface area contributed by atoms with E-state index < -0.39 is 6.04 Å². The van der Waals surface area contributed by atoms with Crippen molar-refractivity contribution in [1.29, 1.82) is 0 Å². The van der Waals surface area contributed by atoms with Crippen LogP contribution in [0.25, 0.3) is 16.6 Å². The number of H-pyrrole nitrogens is 1. The van der Waals surface area contributed by atoms with Crippen molar-refractivity contribution in [3.63, 3.8) is 0 Å². The Morgan fingerprint density at radius 1 is 1.00 bits per heavy atom. The lowest BCUT2D eigenvalue weighted by Crippen LogP contribution is -2.38. The lowest BCUT2D eigenvalue weighted by atomic mass is 10.0. The second-order valence-electron chi connectivity index (χ2n) is 8.27. The predicted molar refractivity (Wildman–Crippen MR) is 138 cm³/mol. The van der Waals surface area contributed by atoms with Crippen LogP contribution in [0.3, 0.4) is 0 Å². The molecule has 0 fully saturated rings. The van der Waals surface area contributed by atoms with Crippen LogP contribution in [0.5, 0.6) is 11.5 Å². The first-order chi connectivity index (χ1) is 17.1. The molecule has 8 nitrogen and oxygen atoms in total. The fraction of sp³-hybridized carbons (Fsp3) is 0.185. The lowest BCUT2D eigenvalue weighted by Gasteiger charge is -2.28. The maximum absolute atomic E-state index is 13.8. The number of nitrogens with one attached hydrogen (secondary N) is 2. The Morgan fingerprint density at radius 3 is 2.37 bits per heavy atom. The molecule has 0 amide bonds. The van der Waals surface area contributed by atoms with E-state index in [9.17, 15) is 4.79 Å². The van der Waals surface area contributed by atoms with E-state index >= 15 is 0 Å². The minimum Gasteiger partial charge on any atom is -0.497 e. The van der Waals surface area contributed by atoms with Gasteiger partial charge in [-0.1, -0.05) is 30.3 Å². The fourth-order valence-electron chi connectivity index (χ4n) is 4.43. The number of ether oxygens (including phenoxy) is 2. The summed E-state index contributed by atoms with van der Waals surface area (Å²) < 4.78 is 10.9. The number of carbonyl (C=O) groups excluding carboxylic acids is 1. The molecule has 1 aliphatic heterocycles. The van der Waals surface area contributed by atoms with Crippen molar-refractivity contribution in [2.45, 2.75) is 12.5 Å². The van der Waals surface area contributed by atoms with Gasteiger partial charge in [0.05, 0.1) is 30.9 Å². The maximum Gasteiger partial charge on any atom is 0.193 e. The van der Waals surface area contributed by atoms with Gasteiger partial charge in [0.25, 0.3) is 0 Å². The van der Waals surface area contributed by atoms with E-state index in [2.05, 4.69) is 15.3 Å². The first-order valence-corrected chi connectivity index (χ1v) is 11.4. The second kappa shape index (κ2) is 9.42. The molecule has 4 aromatic rings. The molecule has 0 saturated carbocycles. The van der Waals surface area contributed by atoms with Gasteiger partial charge in [0, 0.05) is 30.4 Å². The van der Waals surface area contributed by atoms with Gasteiger partial charge in [-0.15, -0.1) is 0 Å². The molecule has 8 heteroatoms. The van der Waals surface area contributed by atoms with Gasteiger partial charge >= 0.3 is 0 Å². The van der Waals surface area contributed by atoms with E-state index in [4.69, 9.17) is 15.2 Å². The molecule has 5 rings (SSSR count). The van der Waals surface area contributed by atoms with Crippen LogP contribution < -0.4 is 25.4 Å². The quantitative estimate of drug-likeness (QED) is 0.356. The van der Waals surface area contributed by atoms with Gasteiger partial charge in [-0.2, -0.15) is 0 Å². The normalized spacial score (nSPS) is 15.7. The number of Topliss-reactive ketones (excluding diaryl/α,β-unsaturated/α-hetero) is 1. The van der Waals surface area contributed by atoms with Gasteiger partial charge in [-0.05, 0) is 30.7 Å². The highest BCUT2D eigenvalue weighted by Crippen LogP contribution is 2.38. The Bertz CT molecular complexity index is 1340. The predicted octanol–water partition coefficient (Wildman–Crippen LogP) is 4.17. The van der Waals surface area contributed by atoms with Crippen LogP contribution in [0, 0.1) is 0 Å². The second-order valence-corrected chi connectivity index (χ2v) is 8.27. The summed E-state index contributed by atoms with van der Waals surface area (Å²) in [5, 5.41) is 3.39. The van der Waals surface area contributed by atoms with Crippen LogP contribution in [-0.4, -0.2) is 42.6 Å². The summed E-state index contributed by atoms with van der Waals surface area (Å²) in [5.41, 5.74) is 10.4. The molecule has 0 spiro atoms. The summed E-state index contributed by atoms with van der Waals surface area (Å²) in [4.78, 5) is 23.6. The number of carbonyl (C=O) groups is 1. The summed E-state index contributed by atoms with van der Waals surface area (Å²) >= 11 is 0. The number of ketones is 1. The van der Waals surface area contributed by atoms with Crippen LogP contribution in [0.4, 0.5) is 11.4 Å². The minimum atomic E-state index is -0.522. The molecule has 1 aromatic heterocycles. The molecule has 0 saturated heterocycles. The summed E-state index contributed by atoms with van der Waals surface area (Å²) in [6.45, 7) is 0.582. The van der Waals surface area contributed by atoms with Crippen LogP contribution >= 0.6 is 0 Å². The maximum atomic E-state index is 13.8. The number of benzene rings is 3. The van der Waals surface area contributed by atoms with Crippen LogP contribution in [-0.2, 0) is 4.79 Å². The number of aromatic amines is 1. The highest BCUT2D eigenvalue weighted by Gasteiger charge is 2.41. The molecule has 0 bridgehead atoms. The lowest BCUT2D eigenvalue weighted by molar-refractivity contribution is -0.114. The number of hydrogen-bond acceptors (Lipinski definition) is 7. The number of rotatable bonds is 8. The number of anilines is 2. The average Bonchev–Trinajstić information content (AvgIpc) is 3.42. The van der Waals surface area contributed by atoms with Gasteiger partial charge in [-0.25, -0.2) is 4.98 Å². The molecule has 35 heavy (non-hydrogen) atoms. The molecule has 2 heterocycles. The molecule has 1 aliphatic rings. The molecule has 1 atom stereocenters. The molecular formula is C27H27N5O3. The van der Waals surface area contributed by atoms with Gasteiger partial charge in [0.1, 0.15) is 34.8 Å². The van der Waals surface area contributed by atoms with Crippen LogP contribution in [0.15, 0.2) is 78.6 Å². The third-order valence-corrected chi connectivity index (χ3v) is 6.14. The fourth-order valence-corrected chi connectivity index (χ4v) is 4.43. The number of fused-ring (bicyclic) bond motifs is 1. The number of nitrogens with two attached hydrogens (primary N) is 1. The first-order valence-electron chi connectivity index (χ1n) is 11.4. The van der Waals surface area contributed by atoms with Gasteiger partial charge in [-0.3, -0.25) is 4.79 Å². The summed E-state index contributed by atoms with van der Waals surface area (Å²) in [5.74, 6) is 1.94. The zero-order valence-electron chi connectivity index (χ0n) is 19.6. The minimum absolute atomic E-state index is 0.0850. The van der Waals surface area contributed by atoms with E-state index in [0.717, 1.165) is 16.7 Å². The standard InChI is InChI=1S/C27H27N5O3/c1-34-19-14-18(15-20(16-19)35-2)32-23(12-13-29-17-8-4-3-5-9-17)25(33)24(26(32)28)27-30-21-10-6-7-11-22(21)31-27/h3-11,14-16,23,29H,12-13,28H2,1-2H3,(H,30,31). The SMILES string of the molecule is COc1cc(OC)cc(N2C(N)=C(c3nc4ccccc4[nH]3)C(=O)C2CCNc2ccccc2)c1. The molecule has 3 aromatic carbocycles. The molecule has 1 unspecified atom stereocenters. The Balaban J connectivity index is 1.54. The van der Waals surface area contributed by atoms with Gasteiger partial charge in [0.2, 0.25) is 0 Å². The van der Waals surface area contributed by atoms with Gasteiger partial charge < -0.3 is 30.4 Å². The summed E-state index contributed by atoms with van der Waals surface area (Å²) in [6, 6.07) is 22.5. The first kappa shape index (κ1) is 22.3. The highest BCUT2D eigenvalue weighted by molar-refractivity contribution is 6.27.